The Labute approximate surface area is 97.9 Å². The minimum absolute atomic E-state index is 0.0666. The molecule has 9 heteroatoms. The van der Waals surface area contributed by atoms with Gasteiger partial charge in [0.25, 0.3) is 10.1 Å². The van der Waals surface area contributed by atoms with E-state index in [1.54, 1.807) is 12.1 Å². The molecule has 0 atom stereocenters. The van der Waals surface area contributed by atoms with E-state index in [1.165, 1.54) is 12.1 Å². The molecule has 1 rings (SSSR count). The Morgan fingerprint density at radius 1 is 1.00 bits per heavy atom. The lowest BCUT2D eigenvalue weighted by Crippen LogP contribution is -1.96. The van der Waals surface area contributed by atoms with Crippen LogP contribution < -0.4 is 0 Å². The molecule has 16 heavy (non-hydrogen) atoms. The second-order valence-corrected chi connectivity index (χ2v) is 6.12. The zero-order valence-electron chi connectivity index (χ0n) is 8.03. The summed E-state index contributed by atoms with van der Waals surface area (Å²) in [5, 5.41) is 0. The molecule has 0 saturated carbocycles. The predicted octanol–water partition coefficient (Wildman–Crippen LogP) is 1.27. The van der Waals surface area contributed by atoms with Crippen LogP contribution >= 0.6 is 10.7 Å². The maximum atomic E-state index is 10.5. The summed E-state index contributed by atoms with van der Waals surface area (Å²) in [6.45, 7) is 1.84. The fourth-order valence-corrected chi connectivity index (χ4v) is 1.19. The molecule has 0 bridgehead atoms. The van der Waals surface area contributed by atoms with Gasteiger partial charge in [0.15, 0.2) is 0 Å². The highest BCUT2D eigenvalue weighted by atomic mass is 35.7. The van der Waals surface area contributed by atoms with Crippen LogP contribution in [0.3, 0.4) is 0 Å². The van der Waals surface area contributed by atoms with Gasteiger partial charge in [0.05, 0.1) is 4.90 Å². The summed E-state index contributed by atoms with van der Waals surface area (Å²) in [4.78, 5) is -0.0666. The summed E-state index contributed by atoms with van der Waals surface area (Å²) in [7, 11) is -4.16. The van der Waals surface area contributed by atoms with Gasteiger partial charge in [0, 0.05) is 10.7 Å². The zero-order chi connectivity index (χ0) is 13.0. The highest BCUT2D eigenvalue weighted by Crippen LogP contribution is 2.08. The Kier molecular flexibility index (Phi) is 5.36. The molecule has 0 aliphatic heterocycles. The van der Waals surface area contributed by atoms with Crippen molar-refractivity contribution in [1.29, 1.82) is 0 Å². The molecule has 0 saturated heterocycles. The van der Waals surface area contributed by atoms with Crippen LogP contribution in [-0.4, -0.2) is 25.9 Å². The fraction of sp³-hybridized carbons (Fsp3) is 0.143. The lowest BCUT2D eigenvalue weighted by atomic mass is 10.2. The molecule has 0 aliphatic rings. The van der Waals surface area contributed by atoms with Crippen molar-refractivity contribution in [3.05, 3.63) is 29.8 Å². The molecule has 1 aromatic carbocycles. The summed E-state index contributed by atoms with van der Waals surface area (Å²) in [5.41, 5.74) is 0.956. The highest BCUT2D eigenvalue weighted by molar-refractivity contribution is 8.09. The monoisotopic (exact) mass is 288 g/mol. The Morgan fingerprint density at radius 2 is 1.31 bits per heavy atom. The van der Waals surface area contributed by atoms with E-state index < -0.39 is 19.4 Å². The zero-order valence-corrected chi connectivity index (χ0v) is 10.4. The topological polar surface area (TPSA) is 109 Å². The van der Waals surface area contributed by atoms with Crippen molar-refractivity contribution >= 4 is 30.1 Å². The van der Waals surface area contributed by atoms with E-state index >= 15 is 0 Å². The van der Waals surface area contributed by atoms with Gasteiger partial charge in [-0.05, 0) is 19.1 Å². The van der Waals surface area contributed by atoms with E-state index in [0.717, 1.165) is 5.56 Å². The van der Waals surface area contributed by atoms with Gasteiger partial charge in [-0.15, -0.1) is 0 Å². The molecule has 0 unspecified atom stereocenters. The molecule has 6 nitrogen and oxygen atoms in total. The molecule has 0 aromatic heterocycles. The van der Waals surface area contributed by atoms with Crippen molar-refractivity contribution < 1.29 is 25.9 Å². The Morgan fingerprint density at radius 3 is 1.56 bits per heavy atom. The quantitative estimate of drug-likeness (QED) is 0.595. The summed E-state index contributed by atoms with van der Waals surface area (Å²) in [5.74, 6) is 0. The van der Waals surface area contributed by atoms with E-state index in [9.17, 15) is 8.42 Å². The van der Waals surface area contributed by atoms with Crippen LogP contribution in [0.25, 0.3) is 0 Å². The van der Waals surface area contributed by atoms with Crippen molar-refractivity contribution in [1.82, 2.24) is 0 Å². The summed E-state index contributed by atoms with van der Waals surface area (Å²) < 4.78 is 54.7. The van der Waals surface area contributed by atoms with Crippen LogP contribution in [0.15, 0.2) is 29.2 Å². The first-order valence-corrected chi connectivity index (χ1v) is 7.42. The SMILES string of the molecule is Cc1ccc(S(=O)(=O)O)cc1.O=S(=O)(O)Cl. The van der Waals surface area contributed by atoms with Crippen molar-refractivity contribution in [2.75, 3.05) is 0 Å². The van der Waals surface area contributed by atoms with Gasteiger partial charge in [-0.2, -0.15) is 16.8 Å². The van der Waals surface area contributed by atoms with Crippen LogP contribution in [0.4, 0.5) is 0 Å². The molecule has 0 heterocycles. The second-order valence-electron chi connectivity index (χ2n) is 2.70. The van der Waals surface area contributed by atoms with E-state index in [2.05, 4.69) is 10.7 Å². The van der Waals surface area contributed by atoms with Crippen LogP contribution in [-0.2, 0) is 19.4 Å². The van der Waals surface area contributed by atoms with Crippen LogP contribution in [0.5, 0.6) is 0 Å². The van der Waals surface area contributed by atoms with Crippen molar-refractivity contribution in [3.8, 4) is 0 Å². The summed E-state index contributed by atoms with van der Waals surface area (Å²) in [6, 6.07) is 5.99. The molecular formula is C7H9ClO6S2. The molecule has 92 valence electrons. The molecule has 1 aromatic rings. The van der Waals surface area contributed by atoms with Gasteiger partial charge in [0.1, 0.15) is 0 Å². The Hall–Kier alpha value is -0.670. The standard InChI is InChI=1S/C7H8O3S.ClHO3S/c1-6-2-4-7(5-3-6)11(8,9)10;1-5(2,3)4/h2-5H,1H3,(H,8,9,10);(H,2,3,4). The third-order valence-corrected chi connectivity index (χ3v) is 2.19. The molecule has 0 radical (unpaired) electrons. The number of hydrogen-bond acceptors (Lipinski definition) is 4. The van der Waals surface area contributed by atoms with E-state index in [0.29, 0.717) is 0 Å². The van der Waals surface area contributed by atoms with E-state index in [-0.39, 0.29) is 4.90 Å². The molecule has 0 spiro atoms. The molecule has 0 fully saturated rings. The predicted molar refractivity (Wildman–Crippen MR) is 58.4 cm³/mol. The smallest absolute Gasteiger partial charge is 0.282 e. The minimum Gasteiger partial charge on any atom is -0.282 e. The van der Waals surface area contributed by atoms with Crippen molar-refractivity contribution in [2.24, 2.45) is 0 Å². The number of benzene rings is 1. The van der Waals surface area contributed by atoms with Crippen LogP contribution in [0.2, 0.25) is 0 Å². The van der Waals surface area contributed by atoms with E-state index in [4.69, 9.17) is 17.5 Å². The van der Waals surface area contributed by atoms with E-state index in [1.807, 2.05) is 6.92 Å². The maximum absolute atomic E-state index is 10.5. The van der Waals surface area contributed by atoms with Gasteiger partial charge in [-0.25, -0.2) is 0 Å². The number of aryl methyl sites for hydroxylation is 1. The van der Waals surface area contributed by atoms with Crippen LogP contribution in [0, 0.1) is 6.92 Å². The van der Waals surface area contributed by atoms with Crippen LogP contribution in [0.1, 0.15) is 5.56 Å². The summed E-state index contributed by atoms with van der Waals surface area (Å²) >= 11 is 0. The average Bonchev–Trinajstić information content (AvgIpc) is 1.99. The molecule has 2 N–H and O–H groups in total. The molecule has 0 aliphatic carbocycles. The first-order valence-electron chi connectivity index (χ1n) is 3.71. The van der Waals surface area contributed by atoms with Crippen molar-refractivity contribution in [2.45, 2.75) is 11.8 Å². The normalized spacial score (nSPS) is 11.5. The third kappa shape index (κ3) is 8.62. The summed E-state index contributed by atoms with van der Waals surface area (Å²) in [6.07, 6.45) is 0. The number of rotatable bonds is 1. The maximum Gasteiger partial charge on any atom is 0.353 e. The fourth-order valence-electron chi connectivity index (χ4n) is 0.710. The second kappa shape index (κ2) is 5.60. The first kappa shape index (κ1) is 15.3. The van der Waals surface area contributed by atoms with Gasteiger partial charge in [-0.3, -0.25) is 9.11 Å². The molecule has 0 amide bonds. The minimum atomic E-state index is -4.19. The van der Waals surface area contributed by atoms with Gasteiger partial charge < -0.3 is 0 Å². The van der Waals surface area contributed by atoms with Gasteiger partial charge >= 0.3 is 9.33 Å². The van der Waals surface area contributed by atoms with Crippen molar-refractivity contribution in [3.63, 3.8) is 0 Å². The largest absolute Gasteiger partial charge is 0.353 e. The van der Waals surface area contributed by atoms with Gasteiger partial charge in [0.2, 0.25) is 0 Å². The number of hydrogen-bond donors (Lipinski definition) is 2. The Bertz CT molecular complexity index is 523. The lowest BCUT2D eigenvalue weighted by Gasteiger charge is -1.95. The highest BCUT2D eigenvalue weighted by Gasteiger charge is 2.06. The first-order chi connectivity index (χ1) is 7.00. The van der Waals surface area contributed by atoms with Gasteiger partial charge in [-0.1, -0.05) is 17.7 Å². The third-order valence-electron chi connectivity index (χ3n) is 1.32. The molecular weight excluding hydrogens is 280 g/mol. The Balaban J connectivity index is 0.000000385. The number of halogens is 1. The lowest BCUT2D eigenvalue weighted by molar-refractivity contribution is 0.483. The average molecular weight is 289 g/mol.